The smallest absolute Gasteiger partial charge is 0.0514 e. The van der Waals surface area contributed by atoms with Crippen molar-refractivity contribution in [3.63, 3.8) is 0 Å². The Labute approximate surface area is 70.6 Å². The topological polar surface area (TPSA) is 38.9 Å². The van der Waals surface area contributed by atoms with E-state index in [0.717, 1.165) is 11.6 Å². The fourth-order valence-electron chi connectivity index (χ4n) is 1.23. The van der Waals surface area contributed by atoms with Crippen LogP contribution >= 0.6 is 11.5 Å². The van der Waals surface area contributed by atoms with Crippen molar-refractivity contribution in [2.24, 2.45) is 11.7 Å². The van der Waals surface area contributed by atoms with Crippen LogP contribution in [0.25, 0.3) is 0 Å². The van der Waals surface area contributed by atoms with Gasteiger partial charge in [0.2, 0.25) is 0 Å². The average molecular weight is 168 g/mol. The Balaban J connectivity index is 2.14. The first-order valence-corrected chi connectivity index (χ1v) is 4.73. The predicted octanol–water partition coefficient (Wildman–Crippen LogP) is 1.86. The van der Waals surface area contributed by atoms with E-state index >= 15 is 0 Å². The van der Waals surface area contributed by atoms with E-state index in [1.807, 2.05) is 6.92 Å². The van der Waals surface area contributed by atoms with Gasteiger partial charge < -0.3 is 5.73 Å². The number of rotatable bonds is 2. The van der Waals surface area contributed by atoms with Crippen molar-refractivity contribution in [2.45, 2.75) is 25.8 Å². The summed E-state index contributed by atoms with van der Waals surface area (Å²) in [6, 6.07) is 2.37. The highest BCUT2D eigenvalue weighted by atomic mass is 32.1. The monoisotopic (exact) mass is 168 g/mol. The second-order valence-electron chi connectivity index (χ2n) is 3.23. The lowest BCUT2D eigenvalue weighted by Gasteiger charge is -2.04. The van der Waals surface area contributed by atoms with Crippen LogP contribution in [0.5, 0.6) is 0 Å². The van der Waals surface area contributed by atoms with Crippen LogP contribution in [0, 0.1) is 12.8 Å². The standard InChI is InChI=1S/C8H12N2S/c1-5-4-7(11-10-5)8(9)6-2-3-6/h4,6,8H,2-3,9H2,1H3/t8-/m0/s1. The molecular weight excluding hydrogens is 156 g/mol. The summed E-state index contributed by atoms with van der Waals surface area (Å²) in [7, 11) is 0. The molecule has 1 heterocycles. The van der Waals surface area contributed by atoms with Crippen LogP contribution in [0.15, 0.2) is 6.07 Å². The Morgan fingerprint density at radius 3 is 2.91 bits per heavy atom. The third kappa shape index (κ3) is 1.44. The third-order valence-electron chi connectivity index (χ3n) is 2.10. The lowest BCUT2D eigenvalue weighted by molar-refractivity contribution is 0.644. The van der Waals surface area contributed by atoms with Crippen molar-refractivity contribution in [3.05, 3.63) is 16.6 Å². The molecule has 1 saturated carbocycles. The van der Waals surface area contributed by atoms with E-state index in [-0.39, 0.29) is 6.04 Å². The molecule has 2 N–H and O–H groups in total. The number of nitrogens with zero attached hydrogens (tertiary/aromatic N) is 1. The predicted molar refractivity (Wildman–Crippen MR) is 46.5 cm³/mol. The van der Waals surface area contributed by atoms with Crippen LogP contribution in [0.3, 0.4) is 0 Å². The van der Waals surface area contributed by atoms with Crippen molar-refractivity contribution in [2.75, 3.05) is 0 Å². The van der Waals surface area contributed by atoms with Crippen LogP contribution in [0.2, 0.25) is 0 Å². The number of hydrogen-bond acceptors (Lipinski definition) is 3. The first kappa shape index (κ1) is 7.25. The Morgan fingerprint density at radius 2 is 2.45 bits per heavy atom. The highest BCUT2D eigenvalue weighted by molar-refractivity contribution is 7.05. The molecule has 1 aliphatic rings. The summed E-state index contributed by atoms with van der Waals surface area (Å²) in [4.78, 5) is 1.25. The summed E-state index contributed by atoms with van der Waals surface area (Å²) in [5.41, 5.74) is 7.08. The van der Waals surface area contributed by atoms with E-state index in [4.69, 9.17) is 5.73 Å². The van der Waals surface area contributed by atoms with Crippen LogP contribution in [-0.2, 0) is 0 Å². The van der Waals surface area contributed by atoms with Gasteiger partial charge in [-0.25, -0.2) is 0 Å². The SMILES string of the molecule is Cc1cc([C@@H](N)C2CC2)sn1. The zero-order valence-electron chi connectivity index (χ0n) is 6.58. The molecule has 0 spiro atoms. The second-order valence-corrected chi connectivity index (χ2v) is 4.07. The van der Waals surface area contributed by atoms with Gasteiger partial charge in [0.15, 0.2) is 0 Å². The summed E-state index contributed by atoms with van der Waals surface area (Å²) < 4.78 is 4.21. The summed E-state index contributed by atoms with van der Waals surface area (Å²) in [6.07, 6.45) is 2.61. The van der Waals surface area contributed by atoms with Gasteiger partial charge in [-0.05, 0) is 43.3 Å². The van der Waals surface area contributed by atoms with Gasteiger partial charge in [-0.3, -0.25) is 0 Å². The molecule has 0 radical (unpaired) electrons. The number of aromatic nitrogens is 1. The first-order valence-electron chi connectivity index (χ1n) is 3.96. The fourth-order valence-corrected chi connectivity index (χ4v) is 2.07. The van der Waals surface area contributed by atoms with Gasteiger partial charge in [0.25, 0.3) is 0 Å². The molecule has 60 valence electrons. The van der Waals surface area contributed by atoms with Gasteiger partial charge >= 0.3 is 0 Å². The number of nitrogens with two attached hydrogens (primary N) is 1. The summed E-state index contributed by atoms with van der Waals surface area (Å²) in [5, 5.41) is 0. The van der Waals surface area contributed by atoms with Crippen molar-refractivity contribution in [1.82, 2.24) is 4.37 Å². The minimum absolute atomic E-state index is 0.265. The highest BCUT2D eigenvalue weighted by Crippen LogP contribution is 2.40. The van der Waals surface area contributed by atoms with Gasteiger partial charge in [0.1, 0.15) is 0 Å². The van der Waals surface area contributed by atoms with Crippen LogP contribution in [0.4, 0.5) is 0 Å². The zero-order valence-corrected chi connectivity index (χ0v) is 7.40. The van der Waals surface area contributed by atoms with E-state index in [2.05, 4.69) is 10.4 Å². The summed E-state index contributed by atoms with van der Waals surface area (Å²) >= 11 is 1.55. The van der Waals surface area contributed by atoms with Crippen LogP contribution in [0.1, 0.15) is 29.5 Å². The second kappa shape index (κ2) is 2.57. The molecule has 0 aliphatic heterocycles. The molecule has 0 saturated heterocycles. The molecule has 3 heteroatoms. The Kier molecular flexibility index (Phi) is 1.69. The zero-order chi connectivity index (χ0) is 7.84. The van der Waals surface area contributed by atoms with E-state index in [0.29, 0.717) is 0 Å². The number of hydrogen-bond donors (Lipinski definition) is 1. The summed E-state index contributed by atoms with van der Waals surface area (Å²) in [5.74, 6) is 0.745. The fraction of sp³-hybridized carbons (Fsp3) is 0.625. The molecule has 1 fully saturated rings. The van der Waals surface area contributed by atoms with Gasteiger partial charge in [0, 0.05) is 10.9 Å². The molecule has 2 rings (SSSR count). The quantitative estimate of drug-likeness (QED) is 0.732. The van der Waals surface area contributed by atoms with E-state index in [1.54, 1.807) is 11.5 Å². The molecule has 1 aromatic rings. The van der Waals surface area contributed by atoms with Crippen molar-refractivity contribution in [3.8, 4) is 0 Å². The third-order valence-corrected chi connectivity index (χ3v) is 3.08. The van der Waals surface area contributed by atoms with Gasteiger partial charge in [0.05, 0.1) is 5.69 Å². The lowest BCUT2D eigenvalue weighted by atomic mass is 10.1. The maximum absolute atomic E-state index is 5.98. The van der Waals surface area contributed by atoms with Crippen LogP contribution in [-0.4, -0.2) is 4.37 Å². The lowest BCUT2D eigenvalue weighted by Crippen LogP contribution is -2.10. The molecule has 1 aromatic heterocycles. The van der Waals surface area contributed by atoms with Crippen molar-refractivity contribution >= 4 is 11.5 Å². The maximum Gasteiger partial charge on any atom is 0.0514 e. The largest absolute Gasteiger partial charge is 0.323 e. The molecular formula is C8H12N2S. The van der Waals surface area contributed by atoms with E-state index < -0.39 is 0 Å². The van der Waals surface area contributed by atoms with Crippen molar-refractivity contribution < 1.29 is 0 Å². The molecule has 0 bridgehead atoms. The molecule has 0 unspecified atom stereocenters. The van der Waals surface area contributed by atoms with E-state index in [9.17, 15) is 0 Å². The minimum Gasteiger partial charge on any atom is -0.323 e. The maximum atomic E-state index is 5.98. The van der Waals surface area contributed by atoms with E-state index in [1.165, 1.54) is 17.7 Å². The normalized spacial score (nSPS) is 20.2. The molecule has 1 atom stereocenters. The van der Waals surface area contributed by atoms with Crippen LogP contribution < -0.4 is 5.73 Å². The molecule has 11 heavy (non-hydrogen) atoms. The Bertz CT molecular complexity index is 252. The molecule has 0 amide bonds. The first-order chi connectivity index (χ1) is 5.27. The minimum atomic E-state index is 0.265. The molecule has 0 aromatic carbocycles. The molecule has 2 nitrogen and oxygen atoms in total. The number of aryl methyl sites for hydroxylation is 1. The summed E-state index contributed by atoms with van der Waals surface area (Å²) in [6.45, 7) is 2.01. The van der Waals surface area contributed by atoms with Gasteiger partial charge in [-0.15, -0.1) is 0 Å². The average Bonchev–Trinajstić information content (AvgIpc) is 2.74. The van der Waals surface area contributed by atoms with Gasteiger partial charge in [-0.2, -0.15) is 4.37 Å². The Hall–Kier alpha value is -0.410. The van der Waals surface area contributed by atoms with Gasteiger partial charge in [-0.1, -0.05) is 0 Å². The molecule has 1 aliphatic carbocycles. The highest BCUT2D eigenvalue weighted by Gasteiger charge is 2.30. The van der Waals surface area contributed by atoms with Crippen molar-refractivity contribution in [1.29, 1.82) is 0 Å². The Morgan fingerprint density at radius 1 is 1.73 bits per heavy atom.